The Bertz CT molecular complexity index is 657. The Morgan fingerprint density at radius 3 is 2.00 bits per heavy atom. The molecule has 0 N–H and O–H groups in total. The minimum Gasteiger partial charge on any atom is -0.461 e. The summed E-state index contributed by atoms with van der Waals surface area (Å²) >= 11 is 0. The van der Waals surface area contributed by atoms with Crippen LogP contribution in [0.1, 0.15) is 27.7 Å². The average molecular weight is 402 g/mol. The lowest BCUT2D eigenvalue weighted by molar-refractivity contribution is -0.148. The molecule has 0 saturated carbocycles. The highest BCUT2D eigenvalue weighted by Crippen LogP contribution is 2.41. The number of carbonyl (C=O) groups excluding carboxylic acids is 1. The lowest BCUT2D eigenvalue weighted by Crippen LogP contribution is -2.21. The highest BCUT2D eigenvalue weighted by atomic mass is 31.2. The Balaban J connectivity index is 3.03. The molecule has 0 bridgehead atoms. The first-order valence-electron chi connectivity index (χ1n) is 7.52. The predicted octanol–water partition coefficient (Wildman–Crippen LogP) is 4.21. The molecule has 1 aromatic carbocycles. The standard InChI is InChI=1S/C15H17F5NO4P/c1-5-23-26(6-21-8(4)15(22)24-7(2)3)25-14-12(19)10(17)9(16)11(18)13(14)20/h6-8H,5H2,1-4H3/p+1/t8-,26?/m0/s1. The molecule has 0 fully saturated rings. The highest BCUT2D eigenvalue weighted by molar-refractivity contribution is 7.64. The van der Waals surface area contributed by atoms with Crippen molar-refractivity contribution in [3.8, 4) is 5.75 Å². The van der Waals surface area contributed by atoms with Crippen molar-refractivity contribution in [1.82, 2.24) is 0 Å². The molecule has 0 heterocycles. The first-order chi connectivity index (χ1) is 12.1. The van der Waals surface area contributed by atoms with Crippen LogP contribution in [0, 0.1) is 29.1 Å². The van der Waals surface area contributed by atoms with Crippen molar-refractivity contribution in [2.45, 2.75) is 39.8 Å². The van der Waals surface area contributed by atoms with E-state index in [0.717, 1.165) is 5.96 Å². The number of halogens is 5. The summed E-state index contributed by atoms with van der Waals surface area (Å²) in [4.78, 5) is 15.5. The van der Waals surface area contributed by atoms with E-state index < -0.39 is 55.2 Å². The van der Waals surface area contributed by atoms with Crippen LogP contribution in [0.15, 0.2) is 4.99 Å². The molecular formula is C15H18F5NO4P+. The molecule has 1 unspecified atom stereocenters. The van der Waals surface area contributed by atoms with Gasteiger partial charge in [0.05, 0.1) is 12.7 Å². The third-order valence-corrected chi connectivity index (χ3v) is 4.09. The normalized spacial score (nSPS) is 13.9. The first kappa shape index (κ1) is 22.2. The van der Waals surface area contributed by atoms with E-state index in [1.165, 1.54) is 13.8 Å². The maximum atomic E-state index is 13.7. The molecule has 0 amide bonds. The summed E-state index contributed by atoms with van der Waals surface area (Å²) in [5.41, 5.74) is 0. The summed E-state index contributed by atoms with van der Waals surface area (Å²) in [6, 6.07) is -0.974. The molecule has 1 rings (SSSR count). The Morgan fingerprint density at radius 2 is 1.54 bits per heavy atom. The topological polar surface area (TPSA) is 57.1 Å². The van der Waals surface area contributed by atoms with Gasteiger partial charge in [0.15, 0.2) is 0 Å². The van der Waals surface area contributed by atoms with Gasteiger partial charge in [-0.1, -0.05) is 0 Å². The van der Waals surface area contributed by atoms with Gasteiger partial charge in [-0.3, -0.25) is 0 Å². The van der Waals surface area contributed by atoms with E-state index in [-0.39, 0.29) is 12.7 Å². The fourth-order valence-electron chi connectivity index (χ4n) is 1.57. The van der Waals surface area contributed by atoms with E-state index in [4.69, 9.17) is 13.8 Å². The largest absolute Gasteiger partial charge is 0.461 e. The van der Waals surface area contributed by atoms with Gasteiger partial charge in [0.2, 0.25) is 35.0 Å². The SMILES string of the molecule is CCO[PH+](C=N[C@@H](C)C(=O)OC(C)C)Oc1c(F)c(F)c(F)c(F)c1F. The fourth-order valence-corrected chi connectivity index (χ4v) is 2.77. The summed E-state index contributed by atoms with van der Waals surface area (Å²) in [7, 11) is -2.73. The minimum atomic E-state index is -2.73. The van der Waals surface area contributed by atoms with E-state index in [9.17, 15) is 26.7 Å². The second-order valence-corrected chi connectivity index (χ2v) is 6.58. The van der Waals surface area contributed by atoms with Crippen LogP contribution < -0.4 is 4.52 Å². The summed E-state index contributed by atoms with van der Waals surface area (Å²) in [6.45, 7) is 6.20. The molecule has 146 valence electrons. The number of carbonyl (C=O) groups is 1. The molecule has 0 aliphatic carbocycles. The zero-order valence-electron chi connectivity index (χ0n) is 14.4. The summed E-state index contributed by atoms with van der Waals surface area (Å²) in [5, 5.41) is 0. The van der Waals surface area contributed by atoms with Crippen LogP contribution in [0.25, 0.3) is 0 Å². The Kier molecular flexibility index (Phi) is 8.36. The van der Waals surface area contributed by atoms with Gasteiger partial charge < -0.3 is 9.26 Å². The van der Waals surface area contributed by atoms with Crippen molar-refractivity contribution in [1.29, 1.82) is 0 Å². The molecule has 0 saturated heterocycles. The number of benzene rings is 1. The number of rotatable bonds is 8. The molecule has 0 aromatic heterocycles. The van der Waals surface area contributed by atoms with E-state index in [1.54, 1.807) is 13.8 Å². The van der Waals surface area contributed by atoms with Crippen LogP contribution in [0.2, 0.25) is 0 Å². The molecule has 26 heavy (non-hydrogen) atoms. The third-order valence-electron chi connectivity index (χ3n) is 2.76. The van der Waals surface area contributed by atoms with Gasteiger partial charge in [-0.2, -0.15) is 13.3 Å². The minimum absolute atomic E-state index is 0.0144. The smallest absolute Gasteiger partial charge is 0.351 e. The second kappa shape index (κ2) is 9.78. The maximum Gasteiger partial charge on any atom is 0.351 e. The van der Waals surface area contributed by atoms with Crippen molar-refractivity contribution >= 4 is 20.3 Å². The van der Waals surface area contributed by atoms with Gasteiger partial charge in [0.25, 0.3) is 5.75 Å². The highest BCUT2D eigenvalue weighted by Gasteiger charge is 2.32. The van der Waals surface area contributed by atoms with Crippen LogP contribution in [-0.4, -0.2) is 30.7 Å². The number of nitrogens with zero attached hydrogens (tertiary/aromatic N) is 1. The maximum absolute atomic E-state index is 13.7. The third kappa shape index (κ3) is 5.60. The van der Waals surface area contributed by atoms with Crippen LogP contribution in [0.5, 0.6) is 5.75 Å². The van der Waals surface area contributed by atoms with Gasteiger partial charge >= 0.3 is 14.3 Å². The van der Waals surface area contributed by atoms with E-state index in [0.29, 0.717) is 0 Å². The molecular weight excluding hydrogens is 384 g/mol. The predicted molar refractivity (Wildman–Crippen MR) is 86.0 cm³/mol. The Hall–Kier alpha value is -1.80. The molecule has 0 radical (unpaired) electrons. The zero-order valence-corrected chi connectivity index (χ0v) is 15.4. The van der Waals surface area contributed by atoms with Gasteiger partial charge in [-0.15, -0.1) is 0 Å². The van der Waals surface area contributed by atoms with Crippen LogP contribution in [-0.2, 0) is 14.1 Å². The number of esters is 1. The number of hydrogen-bond acceptors (Lipinski definition) is 5. The lowest BCUT2D eigenvalue weighted by atomic mass is 10.3. The number of aliphatic imine (C=N–C) groups is 1. The van der Waals surface area contributed by atoms with Crippen LogP contribution in [0.3, 0.4) is 0 Å². The van der Waals surface area contributed by atoms with Gasteiger partial charge in [0, 0.05) is 0 Å². The van der Waals surface area contributed by atoms with Gasteiger partial charge in [0.1, 0.15) is 6.04 Å². The number of ether oxygens (including phenoxy) is 1. The molecule has 1 aromatic rings. The van der Waals surface area contributed by atoms with Crippen molar-refractivity contribution in [3.05, 3.63) is 29.1 Å². The van der Waals surface area contributed by atoms with Gasteiger partial charge in [-0.05, 0) is 27.7 Å². The van der Waals surface area contributed by atoms with Crippen LogP contribution in [0.4, 0.5) is 22.0 Å². The quantitative estimate of drug-likeness (QED) is 0.163. The monoisotopic (exact) mass is 402 g/mol. The zero-order chi connectivity index (χ0) is 20.0. The van der Waals surface area contributed by atoms with Gasteiger partial charge in [-0.25, -0.2) is 23.0 Å². The lowest BCUT2D eigenvalue weighted by Gasteiger charge is -2.11. The van der Waals surface area contributed by atoms with E-state index in [1.807, 2.05) is 0 Å². The average Bonchev–Trinajstić information content (AvgIpc) is 2.58. The molecule has 0 aliphatic heterocycles. The Labute approximate surface area is 148 Å². The van der Waals surface area contributed by atoms with Crippen molar-refractivity contribution < 1.29 is 40.5 Å². The van der Waals surface area contributed by atoms with Crippen molar-refractivity contribution in [2.75, 3.05) is 6.61 Å². The van der Waals surface area contributed by atoms with Crippen molar-refractivity contribution in [3.63, 3.8) is 0 Å². The second-order valence-electron chi connectivity index (χ2n) is 5.19. The fraction of sp³-hybridized carbons (Fsp3) is 0.467. The first-order valence-corrected chi connectivity index (χ1v) is 8.92. The molecule has 0 spiro atoms. The molecule has 2 atom stereocenters. The molecule has 5 nitrogen and oxygen atoms in total. The molecule has 0 aliphatic rings. The van der Waals surface area contributed by atoms with E-state index in [2.05, 4.69) is 4.99 Å². The van der Waals surface area contributed by atoms with E-state index >= 15 is 0 Å². The van der Waals surface area contributed by atoms with Crippen LogP contribution >= 0.6 is 8.38 Å². The Morgan fingerprint density at radius 1 is 1.04 bits per heavy atom. The summed E-state index contributed by atoms with van der Waals surface area (Å²) in [6.07, 6.45) is -0.374. The summed E-state index contributed by atoms with van der Waals surface area (Å²) in [5.74, 6) is -12.0. The molecule has 11 heteroatoms. The van der Waals surface area contributed by atoms with Crippen molar-refractivity contribution in [2.24, 2.45) is 4.99 Å². The summed E-state index contributed by atoms with van der Waals surface area (Å²) < 4.78 is 81.6. The number of hydrogen-bond donors (Lipinski definition) is 0.